The number of carbonyl (C=O) groups excluding carboxylic acids is 1. The molecule has 0 unspecified atom stereocenters. The molecule has 4 rings (SSSR count). The highest BCUT2D eigenvalue weighted by atomic mass is 16.6. The van der Waals surface area contributed by atoms with Crippen molar-refractivity contribution in [2.24, 2.45) is 11.8 Å². The molecule has 2 aromatic carbocycles. The Balaban J connectivity index is 1.45. The first-order chi connectivity index (χ1) is 19.8. The average Bonchev–Trinajstić information content (AvgIpc) is 3.37. The number of unbranched alkanes of at least 4 members (excludes halogenated alkanes) is 1. The molecule has 0 saturated carbocycles. The molecule has 1 aromatic heterocycles. The molecule has 1 aliphatic rings. The zero-order chi connectivity index (χ0) is 29.2. The third-order valence-corrected chi connectivity index (χ3v) is 7.08. The lowest BCUT2D eigenvalue weighted by Crippen LogP contribution is -2.35. The van der Waals surface area contributed by atoms with Gasteiger partial charge < -0.3 is 23.8 Å². The Bertz CT molecular complexity index is 1240. The van der Waals surface area contributed by atoms with E-state index >= 15 is 0 Å². The minimum atomic E-state index is -0.542. The molecule has 220 valence electrons. The predicted octanol–water partition coefficient (Wildman–Crippen LogP) is 6.57. The van der Waals surface area contributed by atoms with Gasteiger partial charge in [0.2, 0.25) is 5.88 Å². The standard InChI is InChI=1S/C33H43N3O5/c1-6-7-13-30-29(25-14-16-28(17-15-25)39-21-24-11-9-8-10-12-24)18-31(35-34-30)40-23-27-20-36(19-26(27)22-38-5)32(37)41-33(2,3)4/h8-12,14-18,26-27H,6-7,13,19-23H2,1-5H3/t26-,27-/m0/s1. The first kappa shape index (κ1) is 30.3. The minimum absolute atomic E-state index is 0.0912. The number of benzene rings is 2. The number of hydrogen-bond acceptors (Lipinski definition) is 7. The van der Waals surface area contributed by atoms with Gasteiger partial charge in [-0.25, -0.2) is 4.79 Å². The third-order valence-electron chi connectivity index (χ3n) is 7.08. The maximum atomic E-state index is 12.7. The van der Waals surface area contributed by atoms with E-state index in [1.54, 1.807) is 12.0 Å². The number of likely N-dealkylation sites (tertiary alicyclic amines) is 1. The van der Waals surface area contributed by atoms with Crippen molar-refractivity contribution in [3.63, 3.8) is 0 Å². The Morgan fingerprint density at radius 1 is 0.951 bits per heavy atom. The van der Waals surface area contributed by atoms with Crippen LogP contribution >= 0.6 is 0 Å². The quantitative estimate of drug-likeness (QED) is 0.247. The van der Waals surface area contributed by atoms with Crippen molar-refractivity contribution in [2.45, 2.75) is 59.2 Å². The number of rotatable bonds is 12. The van der Waals surface area contributed by atoms with Crippen molar-refractivity contribution in [1.29, 1.82) is 0 Å². The van der Waals surface area contributed by atoms with Crippen LogP contribution in [0.2, 0.25) is 0 Å². The van der Waals surface area contributed by atoms with Crippen LogP contribution in [-0.4, -0.2) is 60.2 Å². The summed E-state index contributed by atoms with van der Waals surface area (Å²) in [6.07, 6.45) is 2.64. The predicted molar refractivity (Wildman–Crippen MR) is 159 cm³/mol. The SMILES string of the molecule is CCCCc1nnc(OC[C@@H]2CN(C(=O)OC(C)(C)C)C[C@H]2COC)cc1-c1ccc(OCc2ccccc2)cc1. The van der Waals surface area contributed by atoms with Crippen molar-refractivity contribution >= 4 is 6.09 Å². The lowest BCUT2D eigenvalue weighted by molar-refractivity contribution is 0.0277. The van der Waals surface area contributed by atoms with Crippen molar-refractivity contribution in [1.82, 2.24) is 15.1 Å². The smallest absolute Gasteiger partial charge is 0.410 e. The molecule has 1 aliphatic heterocycles. The molecular weight excluding hydrogens is 518 g/mol. The van der Waals surface area contributed by atoms with Gasteiger partial charge in [0, 0.05) is 43.7 Å². The molecule has 0 radical (unpaired) electrons. The topological polar surface area (TPSA) is 83.0 Å². The fourth-order valence-electron chi connectivity index (χ4n) is 4.92. The van der Waals surface area contributed by atoms with Crippen molar-refractivity contribution in [3.05, 3.63) is 71.9 Å². The van der Waals surface area contributed by atoms with E-state index in [9.17, 15) is 4.79 Å². The van der Waals surface area contributed by atoms with Gasteiger partial charge in [-0.2, -0.15) is 5.10 Å². The van der Waals surface area contributed by atoms with Crippen LogP contribution in [0.5, 0.6) is 11.6 Å². The van der Waals surface area contributed by atoms with Crippen LogP contribution in [0.3, 0.4) is 0 Å². The Morgan fingerprint density at radius 3 is 2.32 bits per heavy atom. The van der Waals surface area contributed by atoms with Gasteiger partial charge in [0.25, 0.3) is 0 Å². The van der Waals surface area contributed by atoms with Gasteiger partial charge in [-0.1, -0.05) is 55.8 Å². The number of carbonyl (C=O) groups is 1. The molecule has 2 atom stereocenters. The van der Waals surface area contributed by atoms with E-state index < -0.39 is 5.60 Å². The summed E-state index contributed by atoms with van der Waals surface area (Å²) in [6, 6.07) is 20.2. The zero-order valence-electron chi connectivity index (χ0n) is 25.0. The van der Waals surface area contributed by atoms with Crippen LogP contribution in [0.25, 0.3) is 11.1 Å². The van der Waals surface area contributed by atoms with E-state index in [-0.39, 0.29) is 17.9 Å². The second-order valence-corrected chi connectivity index (χ2v) is 11.6. The summed E-state index contributed by atoms with van der Waals surface area (Å²) in [5.74, 6) is 1.52. The van der Waals surface area contributed by atoms with Crippen molar-refractivity contribution in [2.75, 3.05) is 33.4 Å². The first-order valence-corrected chi connectivity index (χ1v) is 14.5. The lowest BCUT2D eigenvalue weighted by atomic mass is 9.98. The fourth-order valence-corrected chi connectivity index (χ4v) is 4.92. The minimum Gasteiger partial charge on any atom is -0.489 e. The zero-order valence-corrected chi connectivity index (χ0v) is 25.0. The van der Waals surface area contributed by atoms with E-state index in [2.05, 4.69) is 41.4 Å². The second-order valence-electron chi connectivity index (χ2n) is 11.6. The maximum Gasteiger partial charge on any atom is 0.410 e. The summed E-state index contributed by atoms with van der Waals surface area (Å²) in [4.78, 5) is 14.4. The van der Waals surface area contributed by atoms with E-state index in [0.29, 0.717) is 38.8 Å². The van der Waals surface area contributed by atoms with Gasteiger partial charge >= 0.3 is 6.09 Å². The average molecular weight is 562 g/mol. The van der Waals surface area contributed by atoms with E-state index in [4.69, 9.17) is 18.9 Å². The number of ether oxygens (including phenoxy) is 4. The Hall–Kier alpha value is -3.65. The van der Waals surface area contributed by atoms with Crippen molar-refractivity contribution < 1.29 is 23.7 Å². The molecule has 8 heteroatoms. The summed E-state index contributed by atoms with van der Waals surface area (Å²) in [5.41, 5.74) is 3.58. The number of aromatic nitrogens is 2. The molecule has 8 nitrogen and oxygen atoms in total. The molecule has 0 bridgehead atoms. The molecule has 0 N–H and O–H groups in total. The van der Waals surface area contributed by atoms with Gasteiger partial charge in [-0.15, -0.1) is 5.10 Å². The van der Waals surface area contributed by atoms with Gasteiger partial charge in [0.05, 0.1) is 18.9 Å². The normalized spacial score (nSPS) is 17.0. The highest BCUT2D eigenvalue weighted by Gasteiger charge is 2.37. The number of amides is 1. The monoisotopic (exact) mass is 561 g/mol. The number of hydrogen-bond donors (Lipinski definition) is 0. The van der Waals surface area contributed by atoms with Crippen LogP contribution in [-0.2, 0) is 22.5 Å². The van der Waals surface area contributed by atoms with Gasteiger partial charge in [0.15, 0.2) is 0 Å². The molecule has 41 heavy (non-hydrogen) atoms. The maximum absolute atomic E-state index is 12.7. The fraction of sp³-hybridized carbons (Fsp3) is 0.485. The van der Waals surface area contributed by atoms with Gasteiger partial charge in [-0.05, 0) is 56.9 Å². The third kappa shape index (κ3) is 8.92. The van der Waals surface area contributed by atoms with Gasteiger partial charge in [0.1, 0.15) is 18.0 Å². The van der Waals surface area contributed by atoms with E-state index in [1.807, 2.05) is 57.2 Å². The summed E-state index contributed by atoms with van der Waals surface area (Å²) in [5, 5.41) is 8.96. The Labute approximate surface area is 244 Å². The summed E-state index contributed by atoms with van der Waals surface area (Å²) in [7, 11) is 1.68. The Kier molecular flexibility index (Phi) is 10.6. The highest BCUT2D eigenvalue weighted by molar-refractivity contribution is 5.69. The molecule has 1 saturated heterocycles. The van der Waals surface area contributed by atoms with Gasteiger partial charge in [-0.3, -0.25) is 0 Å². The Morgan fingerprint density at radius 2 is 1.66 bits per heavy atom. The largest absolute Gasteiger partial charge is 0.489 e. The molecule has 0 aliphatic carbocycles. The second kappa shape index (κ2) is 14.3. The molecule has 3 aromatic rings. The summed E-state index contributed by atoms with van der Waals surface area (Å²) in [6.45, 7) is 10.4. The molecule has 2 heterocycles. The number of methoxy groups -OCH3 is 1. The van der Waals surface area contributed by atoms with Crippen LogP contribution in [0.15, 0.2) is 60.7 Å². The highest BCUT2D eigenvalue weighted by Crippen LogP contribution is 2.30. The first-order valence-electron chi connectivity index (χ1n) is 14.5. The molecule has 0 spiro atoms. The van der Waals surface area contributed by atoms with Crippen LogP contribution < -0.4 is 9.47 Å². The van der Waals surface area contributed by atoms with Crippen LogP contribution in [0.1, 0.15) is 51.8 Å². The van der Waals surface area contributed by atoms with E-state index in [0.717, 1.165) is 47.4 Å². The lowest BCUT2D eigenvalue weighted by Gasteiger charge is -2.24. The molecule has 1 fully saturated rings. The summed E-state index contributed by atoms with van der Waals surface area (Å²) >= 11 is 0. The van der Waals surface area contributed by atoms with Crippen LogP contribution in [0.4, 0.5) is 4.79 Å². The molecular formula is C33H43N3O5. The molecule has 1 amide bonds. The number of aryl methyl sites for hydroxylation is 1. The van der Waals surface area contributed by atoms with Crippen LogP contribution in [0, 0.1) is 11.8 Å². The van der Waals surface area contributed by atoms with Crippen molar-refractivity contribution in [3.8, 4) is 22.8 Å². The summed E-state index contributed by atoms with van der Waals surface area (Å²) < 4.78 is 23.2. The number of nitrogens with zero attached hydrogens (tertiary/aromatic N) is 3. The van der Waals surface area contributed by atoms with E-state index in [1.165, 1.54) is 0 Å².